The van der Waals surface area contributed by atoms with Gasteiger partial charge in [-0.25, -0.2) is 4.98 Å². The maximum atomic E-state index is 12.2. The van der Waals surface area contributed by atoms with Crippen molar-refractivity contribution in [2.75, 3.05) is 19.0 Å². The van der Waals surface area contributed by atoms with Gasteiger partial charge in [-0.15, -0.1) is 0 Å². The van der Waals surface area contributed by atoms with E-state index in [1.165, 1.54) is 25.7 Å². The van der Waals surface area contributed by atoms with Crippen LogP contribution >= 0.6 is 0 Å². The molecule has 21 heavy (non-hydrogen) atoms. The van der Waals surface area contributed by atoms with Crippen LogP contribution in [0.2, 0.25) is 0 Å². The summed E-state index contributed by atoms with van der Waals surface area (Å²) >= 11 is 0. The lowest BCUT2D eigenvalue weighted by Gasteiger charge is -2.21. The van der Waals surface area contributed by atoms with Crippen LogP contribution in [-0.2, 0) is 11.3 Å². The number of carbonyl (C=O) groups is 1. The van der Waals surface area contributed by atoms with Crippen molar-refractivity contribution in [2.45, 2.75) is 38.6 Å². The molecular weight excluding hydrogens is 262 g/mol. The van der Waals surface area contributed by atoms with Gasteiger partial charge in [0.2, 0.25) is 5.91 Å². The minimum atomic E-state index is 0.195. The largest absolute Gasteiger partial charge is 0.362 e. The van der Waals surface area contributed by atoms with Crippen LogP contribution in [-0.4, -0.2) is 25.0 Å². The molecule has 2 bridgehead atoms. The van der Waals surface area contributed by atoms with Gasteiger partial charge in [0, 0.05) is 38.8 Å². The van der Waals surface area contributed by atoms with Crippen LogP contribution in [0.15, 0.2) is 18.3 Å². The normalized spacial score (nSPS) is 26.9. The monoisotopic (exact) mass is 287 g/mol. The van der Waals surface area contributed by atoms with E-state index in [4.69, 9.17) is 0 Å². The van der Waals surface area contributed by atoms with Crippen molar-refractivity contribution in [1.82, 2.24) is 10.3 Å². The summed E-state index contributed by atoms with van der Waals surface area (Å²) in [7, 11) is 3.95. The molecule has 2 aliphatic carbocycles. The lowest BCUT2D eigenvalue weighted by atomic mass is 9.86. The van der Waals surface area contributed by atoms with E-state index in [-0.39, 0.29) is 5.91 Å². The summed E-state index contributed by atoms with van der Waals surface area (Å²) in [5.41, 5.74) is 1.07. The quantitative estimate of drug-likeness (QED) is 0.905. The van der Waals surface area contributed by atoms with Crippen molar-refractivity contribution >= 4 is 11.7 Å². The minimum absolute atomic E-state index is 0.195. The Morgan fingerprint density at radius 3 is 2.90 bits per heavy atom. The highest BCUT2D eigenvalue weighted by molar-refractivity contribution is 5.76. The van der Waals surface area contributed by atoms with Crippen molar-refractivity contribution in [2.24, 2.45) is 17.8 Å². The van der Waals surface area contributed by atoms with E-state index >= 15 is 0 Å². The number of amides is 1. The molecule has 0 saturated heterocycles. The Morgan fingerprint density at radius 2 is 2.24 bits per heavy atom. The fourth-order valence-electron chi connectivity index (χ4n) is 4.10. The fraction of sp³-hybridized carbons (Fsp3) is 0.647. The highest BCUT2D eigenvalue weighted by Crippen LogP contribution is 2.49. The average Bonchev–Trinajstić information content (AvgIpc) is 3.08. The molecule has 0 aliphatic heterocycles. The second kappa shape index (κ2) is 6.04. The highest BCUT2D eigenvalue weighted by Gasteiger charge is 2.39. The molecule has 3 rings (SSSR count). The number of aromatic nitrogens is 1. The first-order chi connectivity index (χ1) is 10.1. The predicted molar refractivity (Wildman–Crippen MR) is 84.0 cm³/mol. The number of anilines is 1. The van der Waals surface area contributed by atoms with Crippen LogP contribution in [0.25, 0.3) is 0 Å². The lowest BCUT2D eigenvalue weighted by molar-refractivity contribution is -0.122. The van der Waals surface area contributed by atoms with Crippen molar-refractivity contribution < 1.29 is 4.79 Å². The van der Waals surface area contributed by atoms with Crippen molar-refractivity contribution in [3.63, 3.8) is 0 Å². The standard InChI is InChI=1S/C17H25N3O/c1-20(2)17-14(4-3-7-18-17)11-19-16(21)10-15-9-12-5-6-13(15)8-12/h3-4,7,12-13,15H,5-6,8-11H2,1-2H3,(H,19,21)/t12-,13-,15+/m0/s1. The second-order valence-electron chi connectivity index (χ2n) is 6.80. The van der Waals surface area contributed by atoms with E-state index in [9.17, 15) is 4.79 Å². The summed E-state index contributed by atoms with van der Waals surface area (Å²) in [5.74, 6) is 3.48. The number of hydrogen-bond donors (Lipinski definition) is 1. The highest BCUT2D eigenvalue weighted by atomic mass is 16.1. The number of nitrogens with zero attached hydrogens (tertiary/aromatic N) is 2. The molecule has 1 aromatic rings. The van der Waals surface area contributed by atoms with Crippen LogP contribution < -0.4 is 10.2 Å². The molecule has 0 unspecified atom stereocenters. The topological polar surface area (TPSA) is 45.2 Å². The maximum absolute atomic E-state index is 12.2. The van der Waals surface area contributed by atoms with Crippen molar-refractivity contribution in [3.8, 4) is 0 Å². The molecular formula is C17H25N3O. The minimum Gasteiger partial charge on any atom is -0.362 e. The van der Waals surface area contributed by atoms with Crippen molar-refractivity contribution in [1.29, 1.82) is 0 Å². The van der Waals surface area contributed by atoms with E-state index in [2.05, 4.69) is 10.3 Å². The van der Waals surface area contributed by atoms with Gasteiger partial charge in [0.1, 0.15) is 5.82 Å². The summed E-state index contributed by atoms with van der Waals surface area (Å²) in [4.78, 5) is 18.5. The Hall–Kier alpha value is -1.58. The van der Waals surface area contributed by atoms with Gasteiger partial charge < -0.3 is 10.2 Å². The summed E-state index contributed by atoms with van der Waals surface area (Å²) in [5, 5.41) is 3.07. The van der Waals surface area contributed by atoms with E-state index in [0.717, 1.165) is 23.2 Å². The smallest absolute Gasteiger partial charge is 0.220 e. The van der Waals surface area contributed by atoms with Crippen LogP contribution in [0.1, 0.15) is 37.7 Å². The van der Waals surface area contributed by atoms with Crippen molar-refractivity contribution in [3.05, 3.63) is 23.9 Å². The molecule has 3 atom stereocenters. The van der Waals surface area contributed by atoms with E-state index in [1.54, 1.807) is 6.20 Å². The molecule has 2 aliphatic rings. The van der Waals surface area contributed by atoms with Gasteiger partial charge in [0.05, 0.1) is 0 Å². The molecule has 0 radical (unpaired) electrons. The number of fused-ring (bicyclic) bond motifs is 2. The van der Waals surface area contributed by atoms with E-state index in [1.807, 2.05) is 31.1 Å². The predicted octanol–water partition coefficient (Wildman–Crippen LogP) is 2.59. The molecule has 0 aromatic carbocycles. The van der Waals surface area contributed by atoms with Gasteiger partial charge in [0.15, 0.2) is 0 Å². The molecule has 2 saturated carbocycles. The Morgan fingerprint density at radius 1 is 1.38 bits per heavy atom. The molecule has 4 heteroatoms. The molecule has 4 nitrogen and oxygen atoms in total. The second-order valence-corrected chi connectivity index (χ2v) is 6.80. The molecule has 1 amide bonds. The van der Waals surface area contributed by atoms with Crippen LogP contribution in [0, 0.1) is 17.8 Å². The molecule has 2 fully saturated rings. The number of pyridine rings is 1. The van der Waals surface area contributed by atoms with Gasteiger partial charge in [-0.05, 0) is 43.1 Å². The Bertz CT molecular complexity index is 515. The number of carbonyl (C=O) groups excluding carboxylic acids is 1. The summed E-state index contributed by atoms with van der Waals surface area (Å²) in [6.07, 6.45) is 7.87. The van der Waals surface area contributed by atoms with Gasteiger partial charge >= 0.3 is 0 Å². The lowest BCUT2D eigenvalue weighted by Crippen LogP contribution is -2.27. The Labute approximate surface area is 126 Å². The average molecular weight is 287 g/mol. The number of nitrogens with one attached hydrogen (secondary N) is 1. The zero-order valence-corrected chi connectivity index (χ0v) is 13.0. The van der Waals surface area contributed by atoms with Gasteiger partial charge in [-0.3, -0.25) is 4.79 Å². The third-order valence-corrected chi connectivity index (χ3v) is 5.10. The Balaban J connectivity index is 1.52. The number of rotatable bonds is 5. The van der Waals surface area contributed by atoms with E-state index in [0.29, 0.717) is 18.9 Å². The molecule has 1 heterocycles. The van der Waals surface area contributed by atoms with Gasteiger partial charge in [-0.1, -0.05) is 12.5 Å². The van der Waals surface area contributed by atoms with E-state index < -0.39 is 0 Å². The summed E-state index contributed by atoms with van der Waals surface area (Å²) < 4.78 is 0. The van der Waals surface area contributed by atoms with Gasteiger partial charge in [-0.2, -0.15) is 0 Å². The van der Waals surface area contributed by atoms with Gasteiger partial charge in [0.25, 0.3) is 0 Å². The summed E-state index contributed by atoms with van der Waals surface area (Å²) in [6.45, 7) is 0.570. The van der Waals surface area contributed by atoms with Crippen LogP contribution in [0.3, 0.4) is 0 Å². The maximum Gasteiger partial charge on any atom is 0.220 e. The molecule has 1 N–H and O–H groups in total. The molecule has 0 spiro atoms. The summed E-state index contributed by atoms with van der Waals surface area (Å²) in [6, 6.07) is 3.95. The molecule has 114 valence electrons. The first-order valence-corrected chi connectivity index (χ1v) is 8.01. The van der Waals surface area contributed by atoms with Crippen LogP contribution in [0.4, 0.5) is 5.82 Å². The zero-order valence-electron chi connectivity index (χ0n) is 13.0. The Kier molecular flexibility index (Phi) is 4.13. The third kappa shape index (κ3) is 3.20. The number of hydrogen-bond acceptors (Lipinski definition) is 3. The van der Waals surface area contributed by atoms with Crippen LogP contribution in [0.5, 0.6) is 0 Å². The fourth-order valence-corrected chi connectivity index (χ4v) is 4.10. The molecule has 1 aromatic heterocycles. The first kappa shape index (κ1) is 14.4. The zero-order chi connectivity index (χ0) is 14.8. The first-order valence-electron chi connectivity index (χ1n) is 8.01. The third-order valence-electron chi connectivity index (χ3n) is 5.10. The SMILES string of the molecule is CN(C)c1ncccc1CNC(=O)C[C@H]1C[C@H]2CC[C@H]1C2.